The van der Waals surface area contributed by atoms with E-state index in [1.165, 1.54) is 5.69 Å². The lowest BCUT2D eigenvalue weighted by Gasteiger charge is -2.18. The second-order valence-corrected chi connectivity index (χ2v) is 7.37. The van der Waals surface area contributed by atoms with Crippen molar-refractivity contribution in [1.29, 1.82) is 0 Å². The first-order valence-electron chi connectivity index (χ1n) is 7.50. The van der Waals surface area contributed by atoms with Crippen molar-refractivity contribution in [3.63, 3.8) is 0 Å². The average Bonchev–Trinajstić information content (AvgIpc) is 3.04. The minimum atomic E-state index is -3.40. The van der Waals surface area contributed by atoms with Crippen molar-refractivity contribution in [2.24, 2.45) is 5.92 Å². The van der Waals surface area contributed by atoms with Crippen molar-refractivity contribution >= 4 is 15.7 Å². The molecule has 2 aromatic rings. The summed E-state index contributed by atoms with van der Waals surface area (Å²) >= 11 is 0. The Hall–Kier alpha value is -1.85. The molecule has 0 saturated carbocycles. The zero-order valence-electron chi connectivity index (χ0n) is 12.4. The van der Waals surface area contributed by atoms with E-state index in [2.05, 4.69) is 21.8 Å². The third-order valence-corrected chi connectivity index (χ3v) is 5.46. The van der Waals surface area contributed by atoms with Gasteiger partial charge in [-0.1, -0.05) is 36.4 Å². The Bertz CT molecular complexity index is 702. The molecule has 4 nitrogen and oxygen atoms in total. The van der Waals surface area contributed by atoms with Crippen LogP contribution in [0.5, 0.6) is 0 Å². The van der Waals surface area contributed by atoms with Gasteiger partial charge in [-0.3, -0.25) is 0 Å². The van der Waals surface area contributed by atoms with Crippen molar-refractivity contribution < 1.29 is 8.42 Å². The lowest BCUT2D eigenvalue weighted by molar-refractivity contribution is 0.541. The smallest absolute Gasteiger partial charge is 0.240 e. The third kappa shape index (κ3) is 3.48. The normalized spacial score (nSPS) is 18.5. The molecule has 0 spiro atoms. The summed E-state index contributed by atoms with van der Waals surface area (Å²) < 4.78 is 27.2. The summed E-state index contributed by atoms with van der Waals surface area (Å²) in [5.41, 5.74) is 1.20. The summed E-state index contributed by atoms with van der Waals surface area (Å²) in [6.07, 6.45) is 1.01. The Morgan fingerprint density at radius 3 is 2.32 bits per heavy atom. The van der Waals surface area contributed by atoms with E-state index in [9.17, 15) is 8.42 Å². The van der Waals surface area contributed by atoms with Gasteiger partial charge in [0.1, 0.15) is 0 Å². The van der Waals surface area contributed by atoms with E-state index in [-0.39, 0.29) is 0 Å². The number of anilines is 1. The number of rotatable bonds is 5. The molecule has 22 heavy (non-hydrogen) atoms. The van der Waals surface area contributed by atoms with E-state index >= 15 is 0 Å². The van der Waals surface area contributed by atoms with Crippen LogP contribution in [0.15, 0.2) is 65.6 Å². The number of sulfonamides is 1. The molecule has 1 atom stereocenters. The van der Waals surface area contributed by atoms with Crippen LogP contribution in [0.3, 0.4) is 0 Å². The summed E-state index contributed by atoms with van der Waals surface area (Å²) in [4.78, 5) is 2.63. The van der Waals surface area contributed by atoms with Crippen LogP contribution >= 0.6 is 0 Å². The molecule has 1 heterocycles. The topological polar surface area (TPSA) is 49.4 Å². The Morgan fingerprint density at radius 2 is 1.64 bits per heavy atom. The lowest BCUT2D eigenvalue weighted by atomic mass is 10.1. The van der Waals surface area contributed by atoms with Crippen LogP contribution < -0.4 is 9.62 Å². The van der Waals surface area contributed by atoms with Crippen LogP contribution in [-0.2, 0) is 10.0 Å². The molecule has 1 unspecified atom stereocenters. The van der Waals surface area contributed by atoms with Crippen molar-refractivity contribution in [3.8, 4) is 0 Å². The minimum Gasteiger partial charge on any atom is -0.371 e. The van der Waals surface area contributed by atoms with Crippen molar-refractivity contribution in [3.05, 3.63) is 60.7 Å². The van der Waals surface area contributed by atoms with Crippen molar-refractivity contribution in [1.82, 2.24) is 4.72 Å². The molecule has 0 amide bonds. The van der Waals surface area contributed by atoms with Gasteiger partial charge in [0.2, 0.25) is 10.0 Å². The van der Waals surface area contributed by atoms with E-state index in [0.717, 1.165) is 19.5 Å². The molecule has 116 valence electrons. The lowest BCUT2D eigenvalue weighted by Crippen LogP contribution is -2.31. The first-order chi connectivity index (χ1) is 10.6. The van der Waals surface area contributed by atoms with Gasteiger partial charge < -0.3 is 4.90 Å². The highest BCUT2D eigenvalue weighted by atomic mass is 32.2. The van der Waals surface area contributed by atoms with E-state index in [1.54, 1.807) is 24.3 Å². The van der Waals surface area contributed by atoms with E-state index in [4.69, 9.17) is 0 Å². The Labute approximate surface area is 131 Å². The van der Waals surface area contributed by atoms with E-state index in [1.807, 2.05) is 24.3 Å². The van der Waals surface area contributed by atoms with Gasteiger partial charge >= 0.3 is 0 Å². The van der Waals surface area contributed by atoms with Gasteiger partial charge in [-0.25, -0.2) is 13.1 Å². The van der Waals surface area contributed by atoms with Crippen LogP contribution in [0.4, 0.5) is 5.69 Å². The largest absolute Gasteiger partial charge is 0.371 e. The third-order valence-electron chi connectivity index (χ3n) is 4.02. The molecule has 1 fully saturated rings. The van der Waals surface area contributed by atoms with Crippen LogP contribution in [0.2, 0.25) is 0 Å². The first-order valence-corrected chi connectivity index (χ1v) is 8.98. The molecule has 0 aromatic heterocycles. The molecule has 5 heteroatoms. The van der Waals surface area contributed by atoms with E-state index in [0.29, 0.717) is 17.4 Å². The molecule has 1 N–H and O–H groups in total. The maximum absolute atomic E-state index is 12.2. The zero-order chi connectivity index (χ0) is 15.4. The van der Waals surface area contributed by atoms with Gasteiger partial charge in [0.25, 0.3) is 0 Å². The summed E-state index contributed by atoms with van der Waals surface area (Å²) in [5.74, 6) is 0.346. The summed E-state index contributed by atoms with van der Waals surface area (Å²) in [6, 6.07) is 18.8. The van der Waals surface area contributed by atoms with Gasteiger partial charge in [0.05, 0.1) is 4.90 Å². The Kier molecular flexibility index (Phi) is 4.45. The number of nitrogens with zero attached hydrogens (tertiary/aromatic N) is 1. The fourth-order valence-corrected chi connectivity index (χ4v) is 3.92. The highest BCUT2D eigenvalue weighted by Crippen LogP contribution is 2.23. The highest BCUT2D eigenvalue weighted by Gasteiger charge is 2.24. The molecular weight excluding hydrogens is 296 g/mol. The highest BCUT2D eigenvalue weighted by molar-refractivity contribution is 7.89. The molecule has 0 bridgehead atoms. The Morgan fingerprint density at radius 1 is 1.00 bits per heavy atom. The second kappa shape index (κ2) is 6.50. The molecule has 1 aliphatic rings. The number of para-hydroxylation sites is 1. The van der Waals surface area contributed by atoms with Gasteiger partial charge in [0.15, 0.2) is 0 Å². The monoisotopic (exact) mass is 316 g/mol. The Balaban J connectivity index is 1.57. The minimum absolute atomic E-state index is 0.327. The molecule has 0 radical (unpaired) electrons. The molecular formula is C17H20N2O2S. The van der Waals surface area contributed by atoms with Gasteiger partial charge in [-0.15, -0.1) is 0 Å². The van der Waals surface area contributed by atoms with Gasteiger partial charge in [0, 0.05) is 25.3 Å². The number of hydrogen-bond acceptors (Lipinski definition) is 3. The average molecular weight is 316 g/mol. The zero-order valence-corrected chi connectivity index (χ0v) is 13.2. The standard InChI is InChI=1S/C17H20N2O2S/c20-22(21,17-9-5-2-6-10-17)18-13-15-11-12-19(14-15)16-7-3-1-4-8-16/h1-10,15,18H,11-14H2. The fraction of sp³-hybridized carbons (Fsp3) is 0.294. The number of benzene rings is 2. The van der Waals surface area contributed by atoms with Gasteiger partial charge in [-0.05, 0) is 36.6 Å². The van der Waals surface area contributed by atoms with Crippen LogP contribution in [0.1, 0.15) is 6.42 Å². The molecule has 1 saturated heterocycles. The fourth-order valence-electron chi connectivity index (χ4n) is 2.78. The quantitative estimate of drug-likeness (QED) is 0.922. The first kappa shape index (κ1) is 15.1. The SMILES string of the molecule is O=S(=O)(NCC1CCN(c2ccccc2)C1)c1ccccc1. The molecule has 0 aliphatic carbocycles. The number of hydrogen-bond donors (Lipinski definition) is 1. The predicted octanol–water partition coefficient (Wildman–Crippen LogP) is 2.49. The summed E-state index contributed by atoms with van der Waals surface area (Å²) in [5, 5.41) is 0. The van der Waals surface area contributed by atoms with Crippen molar-refractivity contribution in [2.75, 3.05) is 24.5 Å². The second-order valence-electron chi connectivity index (χ2n) is 5.60. The predicted molar refractivity (Wildman–Crippen MR) is 88.4 cm³/mol. The summed E-state index contributed by atoms with van der Waals surface area (Å²) in [6.45, 7) is 2.35. The van der Waals surface area contributed by atoms with E-state index < -0.39 is 10.0 Å². The van der Waals surface area contributed by atoms with Crippen LogP contribution in [0, 0.1) is 5.92 Å². The summed E-state index contributed by atoms with van der Waals surface area (Å²) in [7, 11) is -3.40. The molecule has 2 aromatic carbocycles. The molecule has 1 aliphatic heterocycles. The molecule has 3 rings (SSSR count). The maximum atomic E-state index is 12.2. The number of nitrogens with one attached hydrogen (secondary N) is 1. The van der Waals surface area contributed by atoms with Crippen molar-refractivity contribution in [2.45, 2.75) is 11.3 Å². The van der Waals surface area contributed by atoms with Gasteiger partial charge in [-0.2, -0.15) is 0 Å². The van der Waals surface area contributed by atoms with Crippen LogP contribution in [-0.4, -0.2) is 28.1 Å². The van der Waals surface area contributed by atoms with Crippen LogP contribution in [0.25, 0.3) is 0 Å². The maximum Gasteiger partial charge on any atom is 0.240 e.